The Balaban J connectivity index is 1.49. The molecule has 0 atom stereocenters. The van der Waals surface area contributed by atoms with Gasteiger partial charge >= 0.3 is 0 Å². The summed E-state index contributed by atoms with van der Waals surface area (Å²) in [6, 6.07) is 15.2. The molecule has 1 amide bonds. The highest BCUT2D eigenvalue weighted by atomic mass is 16.5. The maximum Gasteiger partial charge on any atom is 0.222 e. The summed E-state index contributed by atoms with van der Waals surface area (Å²) in [4.78, 5) is 16.5. The van der Waals surface area contributed by atoms with Gasteiger partial charge in [-0.05, 0) is 35.2 Å². The van der Waals surface area contributed by atoms with Crippen molar-refractivity contribution >= 4 is 5.91 Å². The van der Waals surface area contributed by atoms with Crippen LogP contribution in [0.5, 0.6) is 5.75 Å². The van der Waals surface area contributed by atoms with E-state index < -0.39 is 0 Å². The third kappa shape index (κ3) is 3.61. The molecule has 0 bridgehead atoms. The fourth-order valence-corrected chi connectivity index (χ4v) is 3.93. The fourth-order valence-electron chi connectivity index (χ4n) is 3.93. The summed E-state index contributed by atoms with van der Waals surface area (Å²) < 4.78 is 5.86. The molecule has 0 fully saturated rings. The van der Waals surface area contributed by atoms with Crippen molar-refractivity contribution in [1.29, 1.82) is 0 Å². The minimum Gasteiger partial charge on any atom is -0.491 e. The van der Waals surface area contributed by atoms with Crippen molar-refractivity contribution in [2.45, 2.75) is 39.4 Å². The lowest BCUT2D eigenvalue weighted by Gasteiger charge is -2.29. The Morgan fingerprint density at radius 1 is 1.04 bits per heavy atom. The van der Waals surface area contributed by atoms with Crippen molar-refractivity contribution in [3.8, 4) is 5.75 Å². The molecule has 0 aliphatic carbocycles. The van der Waals surface area contributed by atoms with Crippen LogP contribution in [-0.2, 0) is 30.8 Å². The molecule has 2 aromatic rings. The summed E-state index contributed by atoms with van der Waals surface area (Å²) in [6.07, 6.45) is 1.66. The van der Waals surface area contributed by atoms with Gasteiger partial charge in [0.15, 0.2) is 0 Å². The molecule has 2 aliphatic rings. The van der Waals surface area contributed by atoms with Crippen molar-refractivity contribution < 1.29 is 9.53 Å². The zero-order valence-corrected chi connectivity index (χ0v) is 15.4. The maximum atomic E-state index is 12.1. The molecule has 4 rings (SSSR count). The van der Waals surface area contributed by atoms with Gasteiger partial charge in [0.1, 0.15) is 12.4 Å². The monoisotopic (exact) mass is 350 g/mol. The van der Waals surface area contributed by atoms with Gasteiger partial charge in [0.05, 0.1) is 6.54 Å². The lowest BCUT2D eigenvalue weighted by atomic mass is 9.99. The molecule has 2 aliphatic heterocycles. The molecule has 0 aromatic heterocycles. The lowest BCUT2D eigenvalue weighted by Crippen LogP contribution is -2.31. The molecule has 0 saturated heterocycles. The fraction of sp³-hybridized carbons (Fsp3) is 0.409. The normalized spacial score (nSPS) is 17.0. The Labute approximate surface area is 155 Å². The maximum absolute atomic E-state index is 12.1. The van der Waals surface area contributed by atoms with Crippen LogP contribution >= 0.6 is 0 Å². The van der Waals surface area contributed by atoms with E-state index in [9.17, 15) is 4.79 Å². The van der Waals surface area contributed by atoms with Crippen LogP contribution in [0.2, 0.25) is 0 Å². The van der Waals surface area contributed by atoms with E-state index in [1.807, 2.05) is 11.8 Å². The van der Waals surface area contributed by atoms with Crippen molar-refractivity contribution in [2.75, 3.05) is 19.7 Å². The minimum absolute atomic E-state index is 0.194. The molecular weight excluding hydrogens is 324 g/mol. The third-order valence-electron chi connectivity index (χ3n) is 5.38. The largest absolute Gasteiger partial charge is 0.491 e. The SMILES string of the molecule is CCC(=O)N1CCOc2ccc(CN3CCc4ccccc4C3)cc2C1. The zero-order chi connectivity index (χ0) is 17.9. The number of nitrogens with zero attached hydrogens (tertiary/aromatic N) is 2. The first-order valence-electron chi connectivity index (χ1n) is 9.54. The van der Waals surface area contributed by atoms with E-state index in [0.717, 1.165) is 37.4 Å². The van der Waals surface area contributed by atoms with Crippen molar-refractivity contribution in [2.24, 2.45) is 0 Å². The van der Waals surface area contributed by atoms with E-state index in [0.29, 0.717) is 26.1 Å². The van der Waals surface area contributed by atoms with Crippen LogP contribution in [0.3, 0.4) is 0 Å². The van der Waals surface area contributed by atoms with Gasteiger partial charge in [-0.25, -0.2) is 0 Å². The summed E-state index contributed by atoms with van der Waals surface area (Å²) in [5.74, 6) is 1.11. The minimum atomic E-state index is 0.194. The molecule has 4 heteroatoms. The lowest BCUT2D eigenvalue weighted by molar-refractivity contribution is -0.131. The quantitative estimate of drug-likeness (QED) is 0.851. The van der Waals surface area contributed by atoms with Crippen LogP contribution in [0.15, 0.2) is 42.5 Å². The van der Waals surface area contributed by atoms with Gasteiger partial charge in [-0.2, -0.15) is 0 Å². The van der Waals surface area contributed by atoms with Gasteiger partial charge < -0.3 is 9.64 Å². The molecule has 0 unspecified atom stereocenters. The van der Waals surface area contributed by atoms with Gasteiger partial charge in [-0.15, -0.1) is 0 Å². The topological polar surface area (TPSA) is 32.8 Å². The molecule has 0 saturated carbocycles. The average Bonchev–Trinajstić information content (AvgIpc) is 2.89. The van der Waals surface area contributed by atoms with Crippen LogP contribution in [0.4, 0.5) is 0 Å². The number of ether oxygens (including phenoxy) is 1. The summed E-state index contributed by atoms with van der Waals surface area (Å²) in [7, 11) is 0. The Morgan fingerprint density at radius 3 is 2.73 bits per heavy atom. The van der Waals surface area contributed by atoms with E-state index in [2.05, 4.69) is 47.4 Å². The summed E-state index contributed by atoms with van der Waals surface area (Å²) in [5.41, 5.74) is 5.33. The average molecular weight is 350 g/mol. The third-order valence-corrected chi connectivity index (χ3v) is 5.38. The van der Waals surface area contributed by atoms with Crippen molar-refractivity contribution in [3.05, 3.63) is 64.7 Å². The summed E-state index contributed by atoms with van der Waals surface area (Å²) in [6.45, 7) is 6.83. The number of amides is 1. The van der Waals surface area contributed by atoms with Crippen LogP contribution in [0.1, 0.15) is 35.6 Å². The standard InChI is InChI=1S/C22H26N2O2/c1-2-22(25)24-11-12-26-21-8-7-17(13-20(21)16-24)14-23-10-9-18-5-3-4-6-19(18)15-23/h3-8,13H,2,9-12,14-16H2,1H3. The molecule has 0 radical (unpaired) electrons. The first-order valence-corrected chi connectivity index (χ1v) is 9.54. The van der Waals surface area contributed by atoms with Crippen LogP contribution in [-0.4, -0.2) is 35.4 Å². The molecule has 0 N–H and O–H groups in total. The predicted octanol–water partition coefficient (Wildman–Crippen LogP) is 3.38. The van der Waals surface area contributed by atoms with E-state index >= 15 is 0 Å². The Hall–Kier alpha value is -2.33. The van der Waals surface area contributed by atoms with Crippen LogP contribution < -0.4 is 4.74 Å². The van der Waals surface area contributed by atoms with E-state index in [1.165, 1.54) is 16.7 Å². The number of rotatable bonds is 3. The number of carbonyl (C=O) groups is 1. The second-order valence-corrected chi connectivity index (χ2v) is 7.19. The van der Waals surface area contributed by atoms with Crippen LogP contribution in [0.25, 0.3) is 0 Å². The van der Waals surface area contributed by atoms with E-state index in [4.69, 9.17) is 4.74 Å². The highest BCUT2D eigenvalue weighted by molar-refractivity contribution is 5.76. The number of carbonyl (C=O) groups excluding carboxylic acids is 1. The Kier molecular flexibility index (Phi) is 4.93. The van der Waals surface area contributed by atoms with E-state index in [1.54, 1.807) is 0 Å². The molecular formula is C22H26N2O2. The number of hydrogen-bond acceptors (Lipinski definition) is 3. The van der Waals surface area contributed by atoms with Gasteiger partial charge in [0.25, 0.3) is 0 Å². The molecule has 0 spiro atoms. The van der Waals surface area contributed by atoms with Gasteiger partial charge in [-0.3, -0.25) is 9.69 Å². The van der Waals surface area contributed by atoms with E-state index in [-0.39, 0.29) is 5.91 Å². The molecule has 136 valence electrons. The number of benzene rings is 2. The highest BCUT2D eigenvalue weighted by Crippen LogP contribution is 2.26. The second kappa shape index (κ2) is 7.50. The highest BCUT2D eigenvalue weighted by Gasteiger charge is 2.20. The predicted molar refractivity (Wildman–Crippen MR) is 102 cm³/mol. The van der Waals surface area contributed by atoms with Gasteiger partial charge in [0, 0.05) is 38.2 Å². The van der Waals surface area contributed by atoms with Crippen molar-refractivity contribution in [1.82, 2.24) is 9.80 Å². The summed E-state index contributed by atoms with van der Waals surface area (Å²) in [5, 5.41) is 0. The zero-order valence-electron chi connectivity index (χ0n) is 15.4. The molecule has 2 heterocycles. The Bertz CT molecular complexity index is 802. The molecule has 26 heavy (non-hydrogen) atoms. The summed E-state index contributed by atoms with van der Waals surface area (Å²) >= 11 is 0. The smallest absolute Gasteiger partial charge is 0.222 e. The first-order chi connectivity index (χ1) is 12.7. The van der Waals surface area contributed by atoms with Gasteiger partial charge in [0.2, 0.25) is 5.91 Å². The van der Waals surface area contributed by atoms with Crippen molar-refractivity contribution in [3.63, 3.8) is 0 Å². The first kappa shape index (κ1) is 17.1. The van der Waals surface area contributed by atoms with Gasteiger partial charge in [-0.1, -0.05) is 37.3 Å². The second-order valence-electron chi connectivity index (χ2n) is 7.19. The Morgan fingerprint density at radius 2 is 1.88 bits per heavy atom. The molecule has 2 aromatic carbocycles. The molecule has 4 nitrogen and oxygen atoms in total. The van der Waals surface area contributed by atoms with Crippen LogP contribution in [0, 0.1) is 0 Å². The number of fused-ring (bicyclic) bond motifs is 2. The number of hydrogen-bond donors (Lipinski definition) is 0.